The molecule has 0 aliphatic heterocycles. The summed E-state index contributed by atoms with van der Waals surface area (Å²) in [5.74, 6) is 0.658. The van der Waals surface area contributed by atoms with E-state index in [0.29, 0.717) is 27.9 Å². The monoisotopic (exact) mass is 464 g/mol. The van der Waals surface area contributed by atoms with Gasteiger partial charge >= 0.3 is 0 Å². The number of nitrogens with one attached hydrogen (secondary N) is 1. The number of methoxy groups -OCH3 is 1. The van der Waals surface area contributed by atoms with Crippen LogP contribution in [0.1, 0.15) is 24.2 Å². The van der Waals surface area contributed by atoms with E-state index < -0.39 is 10.0 Å². The fourth-order valence-electron chi connectivity index (χ4n) is 2.94. The summed E-state index contributed by atoms with van der Waals surface area (Å²) in [4.78, 5) is 10.2. The van der Waals surface area contributed by atoms with Crippen LogP contribution in [-0.2, 0) is 10.0 Å². The van der Waals surface area contributed by atoms with Crippen LogP contribution in [0.3, 0.4) is 0 Å². The highest BCUT2D eigenvalue weighted by molar-refractivity contribution is 7.93. The van der Waals surface area contributed by atoms with E-state index in [1.807, 2.05) is 32.0 Å². The van der Waals surface area contributed by atoms with Crippen molar-refractivity contribution in [1.29, 1.82) is 0 Å². The lowest BCUT2D eigenvalue weighted by molar-refractivity contribution is 0.112. The minimum absolute atomic E-state index is 0.193. The molecule has 0 atom stereocenters. The molecule has 3 N–H and O–H groups in total. The first-order valence-electron chi connectivity index (χ1n) is 10.4. The molecule has 0 heterocycles. The van der Waals surface area contributed by atoms with E-state index in [1.165, 1.54) is 0 Å². The summed E-state index contributed by atoms with van der Waals surface area (Å²) in [5, 5.41) is 1.30. The third kappa shape index (κ3) is 6.82. The minimum atomic E-state index is -3.72. The van der Waals surface area contributed by atoms with Gasteiger partial charge in [0, 0.05) is 27.7 Å². The van der Waals surface area contributed by atoms with E-state index in [0.717, 1.165) is 11.8 Å². The Morgan fingerprint density at radius 1 is 0.788 bits per heavy atom. The second-order valence-corrected chi connectivity index (χ2v) is 8.21. The molecule has 0 radical (unpaired) electrons. The van der Waals surface area contributed by atoms with Crippen LogP contribution >= 0.6 is 0 Å². The lowest BCUT2D eigenvalue weighted by Crippen LogP contribution is -2.13. The molecule has 0 aliphatic rings. The van der Waals surface area contributed by atoms with E-state index in [1.54, 1.807) is 79.9 Å². The highest BCUT2D eigenvalue weighted by Crippen LogP contribution is 2.28. The van der Waals surface area contributed by atoms with Gasteiger partial charge in [-0.25, -0.2) is 8.42 Å². The van der Waals surface area contributed by atoms with Crippen molar-refractivity contribution >= 4 is 38.5 Å². The van der Waals surface area contributed by atoms with Crippen molar-refractivity contribution in [2.45, 2.75) is 18.7 Å². The predicted octanol–water partition coefficient (Wildman–Crippen LogP) is 5.76. The van der Waals surface area contributed by atoms with Gasteiger partial charge in [0.15, 0.2) is 0 Å². The van der Waals surface area contributed by atoms with Crippen molar-refractivity contribution in [3.63, 3.8) is 0 Å². The van der Waals surface area contributed by atoms with Gasteiger partial charge in [-0.15, -0.1) is 0 Å². The summed E-state index contributed by atoms with van der Waals surface area (Å²) in [7, 11) is -2.17. The first kappa shape index (κ1) is 25.4. The van der Waals surface area contributed by atoms with Crippen LogP contribution in [0.4, 0.5) is 11.4 Å². The number of hydrogen-bond donors (Lipinski definition) is 2. The van der Waals surface area contributed by atoms with Gasteiger partial charge in [-0.2, -0.15) is 0 Å². The number of ether oxygens (including phenoxy) is 1. The Bertz CT molecular complexity index is 1270. The normalized spacial score (nSPS) is 10.2. The van der Waals surface area contributed by atoms with Crippen molar-refractivity contribution in [3.8, 4) is 5.75 Å². The molecule has 0 unspecified atom stereocenters. The predicted molar refractivity (Wildman–Crippen MR) is 135 cm³/mol. The molecule has 4 aromatic rings. The number of fused-ring (bicyclic) bond motifs is 1. The average molecular weight is 465 g/mol. The van der Waals surface area contributed by atoms with Crippen molar-refractivity contribution in [1.82, 2.24) is 0 Å². The molecule has 0 saturated heterocycles. The van der Waals surface area contributed by atoms with E-state index >= 15 is 0 Å². The zero-order chi connectivity index (χ0) is 24.3. The zero-order valence-corrected chi connectivity index (χ0v) is 19.7. The molecule has 0 aliphatic carbocycles. The van der Waals surface area contributed by atoms with Crippen LogP contribution in [0.15, 0.2) is 95.9 Å². The van der Waals surface area contributed by atoms with E-state index in [2.05, 4.69) is 4.72 Å². The number of hydrogen-bond acceptors (Lipinski definition) is 5. The first-order valence-corrected chi connectivity index (χ1v) is 11.9. The molecule has 4 aromatic carbocycles. The molecule has 0 amide bonds. The Kier molecular flexibility index (Phi) is 9.45. The van der Waals surface area contributed by atoms with Crippen molar-refractivity contribution < 1.29 is 17.9 Å². The molecule has 4 rings (SSSR count). The Hall–Kier alpha value is -3.84. The van der Waals surface area contributed by atoms with Gasteiger partial charge < -0.3 is 10.5 Å². The number of sulfonamides is 1. The van der Waals surface area contributed by atoms with Crippen LogP contribution in [0.2, 0.25) is 0 Å². The average Bonchev–Trinajstić information content (AvgIpc) is 2.86. The maximum absolute atomic E-state index is 12.7. The van der Waals surface area contributed by atoms with Crippen molar-refractivity contribution in [2.75, 3.05) is 17.6 Å². The lowest BCUT2D eigenvalue weighted by Gasteiger charge is -2.12. The van der Waals surface area contributed by atoms with Crippen LogP contribution in [0.5, 0.6) is 5.75 Å². The summed E-state index contributed by atoms with van der Waals surface area (Å²) < 4.78 is 33.0. The first-order chi connectivity index (χ1) is 15.9. The van der Waals surface area contributed by atoms with E-state index in [9.17, 15) is 13.2 Å². The van der Waals surface area contributed by atoms with Gasteiger partial charge in [0.05, 0.1) is 12.0 Å². The third-order valence-electron chi connectivity index (χ3n) is 4.48. The maximum atomic E-state index is 12.7. The molecule has 0 aromatic heterocycles. The van der Waals surface area contributed by atoms with Crippen molar-refractivity contribution in [3.05, 3.63) is 96.6 Å². The SMILES string of the molecule is CC.COc1ccc(NS(=O)(=O)c2cccc3c(N)cccc23)cc1.O=Cc1ccccc1. The van der Waals surface area contributed by atoms with Crippen LogP contribution < -0.4 is 15.2 Å². The van der Waals surface area contributed by atoms with Gasteiger partial charge in [0.2, 0.25) is 0 Å². The molecule has 0 fully saturated rings. The number of benzene rings is 4. The second kappa shape index (κ2) is 12.3. The molecular formula is C26H28N2O4S. The quantitative estimate of drug-likeness (QED) is 0.289. The van der Waals surface area contributed by atoms with E-state index in [-0.39, 0.29) is 4.90 Å². The number of nitrogens with two attached hydrogens (primary N) is 1. The Balaban J connectivity index is 0.000000323. The Labute approximate surface area is 195 Å². The molecular weight excluding hydrogens is 436 g/mol. The number of aldehydes is 1. The van der Waals surface area contributed by atoms with E-state index in [4.69, 9.17) is 10.5 Å². The number of anilines is 2. The van der Waals surface area contributed by atoms with Crippen molar-refractivity contribution in [2.24, 2.45) is 0 Å². The molecule has 7 heteroatoms. The molecule has 0 saturated carbocycles. The van der Waals surface area contributed by atoms with Gasteiger partial charge in [-0.3, -0.25) is 9.52 Å². The fourth-order valence-corrected chi connectivity index (χ4v) is 4.22. The molecule has 33 heavy (non-hydrogen) atoms. The molecule has 172 valence electrons. The number of carbonyl (C=O) groups excluding carboxylic acids is 1. The minimum Gasteiger partial charge on any atom is -0.497 e. The topological polar surface area (TPSA) is 98.5 Å². The number of rotatable bonds is 5. The van der Waals surface area contributed by atoms with Gasteiger partial charge in [0.25, 0.3) is 10.0 Å². The summed E-state index contributed by atoms with van der Waals surface area (Å²) in [6, 6.07) is 26.1. The zero-order valence-electron chi connectivity index (χ0n) is 18.9. The second-order valence-electron chi connectivity index (χ2n) is 6.56. The molecule has 0 spiro atoms. The van der Waals surface area contributed by atoms with Crippen LogP contribution in [0.25, 0.3) is 10.8 Å². The van der Waals surface area contributed by atoms with Gasteiger partial charge in [0.1, 0.15) is 12.0 Å². The van der Waals surface area contributed by atoms with Gasteiger partial charge in [-0.1, -0.05) is 68.4 Å². The Morgan fingerprint density at radius 3 is 1.97 bits per heavy atom. The van der Waals surface area contributed by atoms with Gasteiger partial charge in [-0.05, 0) is 36.4 Å². The van der Waals surface area contributed by atoms with Crippen LogP contribution in [-0.4, -0.2) is 21.8 Å². The fraction of sp³-hybridized carbons (Fsp3) is 0.115. The summed E-state index contributed by atoms with van der Waals surface area (Å²) in [6.07, 6.45) is 0.833. The lowest BCUT2D eigenvalue weighted by atomic mass is 10.1. The van der Waals surface area contributed by atoms with Crippen LogP contribution in [0, 0.1) is 0 Å². The number of carbonyl (C=O) groups is 1. The smallest absolute Gasteiger partial charge is 0.262 e. The highest BCUT2D eigenvalue weighted by atomic mass is 32.2. The number of nitrogen functional groups attached to an aromatic ring is 1. The highest BCUT2D eigenvalue weighted by Gasteiger charge is 2.18. The maximum Gasteiger partial charge on any atom is 0.262 e. The Morgan fingerprint density at radius 2 is 1.39 bits per heavy atom. The molecule has 0 bridgehead atoms. The standard InChI is InChI=1S/C17H16N2O3S.C7H6O.C2H6/c1-22-13-10-8-12(9-11-13)19-23(20,21)17-7-3-4-14-15(17)5-2-6-16(14)18;8-6-7-4-2-1-3-5-7;1-2/h2-11,19H,18H2,1H3;1-6H;1-2H3. The largest absolute Gasteiger partial charge is 0.497 e. The third-order valence-corrected chi connectivity index (χ3v) is 5.92. The summed E-state index contributed by atoms with van der Waals surface area (Å²) in [5.41, 5.74) is 7.66. The summed E-state index contributed by atoms with van der Waals surface area (Å²) >= 11 is 0. The summed E-state index contributed by atoms with van der Waals surface area (Å²) in [6.45, 7) is 4.00. The molecule has 6 nitrogen and oxygen atoms in total.